The van der Waals surface area contributed by atoms with Crippen molar-refractivity contribution in [3.8, 4) is 11.5 Å². The fraction of sp³-hybridized carbons (Fsp3) is 0.478. The van der Waals surface area contributed by atoms with Crippen LogP contribution in [0.1, 0.15) is 56.7 Å². The van der Waals surface area contributed by atoms with Crippen molar-refractivity contribution in [1.29, 1.82) is 0 Å². The van der Waals surface area contributed by atoms with Crippen LogP contribution in [0.2, 0.25) is 0 Å². The summed E-state index contributed by atoms with van der Waals surface area (Å²) in [5.41, 5.74) is 2.01. The maximum Gasteiger partial charge on any atom is 0.161 e. The molecular formula is C23H31NO3S. The Hall–Kier alpha value is -1.85. The van der Waals surface area contributed by atoms with Crippen LogP contribution < -0.4 is 14.8 Å². The third-order valence-corrected chi connectivity index (χ3v) is 7.41. The lowest BCUT2D eigenvalue weighted by atomic mass is 9.88. The van der Waals surface area contributed by atoms with Gasteiger partial charge in [-0.3, -0.25) is 9.53 Å². The van der Waals surface area contributed by atoms with Gasteiger partial charge in [-0.1, -0.05) is 57.0 Å². The topological polar surface area (TPSA) is 47.6 Å². The molecule has 2 aromatic rings. The molecule has 152 valence electrons. The number of rotatable bonds is 7. The zero-order valence-electron chi connectivity index (χ0n) is 17.3. The highest BCUT2D eigenvalue weighted by Gasteiger charge is 2.38. The van der Waals surface area contributed by atoms with E-state index in [0.29, 0.717) is 17.3 Å². The van der Waals surface area contributed by atoms with Gasteiger partial charge in [0.1, 0.15) is 0 Å². The van der Waals surface area contributed by atoms with Crippen molar-refractivity contribution in [2.45, 2.75) is 56.0 Å². The molecule has 0 fully saturated rings. The average molecular weight is 402 g/mol. The van der Waals surface area contributed by atoms with E-state index >= 15 is 0 Å². The molecule has 0 amide bonds. The Labute approximate surface area is 171 Å². The quantitative estimate of drug-likeness (QED) is 0.721. The number of methoxy groups -OCH3 is 2. The van der Waals surface area contributed by atoms with Crippen LogP contribution >= 0.6 is 0 Å². The molecule has 0 saturated heterocycles. The minimum absolute atomic E-state index is 0.0423. The van der Waals surface area contributed by atoms with Crippen molar-refractivity contribution in [1.82, 2.24) is 5.32 Å². The highest BCUT2D eigenvalue weighted by atomic mass is 32.2. The van der Waals surface area contributed by atoms with E-state index < -0.39 is 10.8 Å². The van der Waals surface area contributed by atoms with Crippen LogP contribution in [0, 0.1) is 0 Å². The second kappa shape index (κ2) is 9.10. The zero-order chi connectivity index (χ0) is 20.1. The van der Waals surface area contributed by atoms with Crippen LogP contribution in [0.15, 0.2) is 47.4 Å². The maximum atomic E-state index is 13.5. The first-order chi connectivity index (χ1) is 13.6. The zero-order valence-corrected chi connectivity index (χ0v) is 18.1. The number of hydrogen-bond donors (Lipinski definition) is 1. The van der Waals surface area contributed by atoms with Crippen LogP contribution in [-0.4, -0.2) is 29.7 Å². The molecule has 2 aromatic carbocycles. The van der Waals surface area contributed by atoms with Crippen molar-refractivity contribution in [3.63, 3.8) is 0 Å². The largest absolute Gasteiger partial charge is 0.493 e. The number of benzene rings is 2. The van der Waals surface area contributed by atoms with Gasteiger partial charge in [-0.05, 0) is 30.0 Å². The van der Waals surface area contributed by atoms with E-state index in [-0.39, 0.29) is 11.6 Å². The molecule has 0 spiro atoms. The summed E-state index contributed by atoms with van der Waals surface area (Å²) < 4.78 is 24.5. The van der Waals surface area contributed by atoms with Gasteiger partial charge in [0.25, 0.3) is 0 Å². The number of nitrogens with one attached hydrogen (secondary N) is 1. The van der Waals surface area contributed by atoms with Crippen LogP contribution in [0.5, 0.6) is 11.5 Å². The molecule has 0 bridgehead atoms. The summed E-state index contributed by atoms with van der Waals surface area (Å²) in [5.74, 6) is 1.90. The Balaban J connectivity index is 2.18. The van der Waals surface area contributed by atoms with E-state index in [4.69, 9.17) is 9.47 Å². The Bertz CT molecular complexity index is 824. The smallest absolute Gasteiger partial charge is 0.161 e. The van der Waals surface area contributed by atoms with Gasteiger partial charge in [-0.15, -0.1) is 0 Å². The number of unbranched alkanes of at least 4 members (excludes halogenated alkanes) is 1. The summed E-state index contributed by atoms with van der Waals surface area (Å²) in [5, 5.41) is 3.92. The number of hydrogen-bond acceptors (Lipinski definition) is 4. The summed E-state index contributed by atoms with van der Waals surface area (Å²) >= 11 is 0. The second-order valence-corrected chi connectivity index (χ2v) is 8.88. The van der Waals surface area contributed by atoms with Crippen molar-refractivity contribution in [3.05, 3.63) is 53.6 Å². The normalized spacial score (nSPS) is 24.3. The van der Waals surface area contributed by atoms with Crippen LogP contribution in [0.4, 0.5) is 0 Å². The molecule has 3 atom stereocenters. The van der Waals surface area contributed by atoms with Crippen molar-refractivity contribution in [2.75, 3.05) is 20.0 Å². The third-order valence-electron chi connectivity index (χ3n) is 5.75. The van der Waals surface area contributed by atoms with Crippen molar-refractivity contribution < 1.29 is 13.7 Å². The average Bonchev–Trinajstić information content (AvgIpc) is 2.86. The van der Waals surface area contributed by atoms with E-state index in [0.717, 1.165) is 36.1 Å². The highest BCUT2D eigenvalue weighted by molar-refractivity contribution is 7.85. The summed E-state index contributed by atoms with van der Waals surface area (Å²) in [4.78, 5) is 0.839. The van der Waals surface area contributed by atoms with Crippen LogP contribution in [0.25, 0.3) is 0 Å². The molecule has 1 aliphatic heterocycles. The predicted octanol–water partition coefficient (Wildman–Crippen LogP) is 4.84. The fourth-order valence-electron chi connectivity index (χ4n) is 4.00. The molecule has 5 heteroatoms. The minimum atomic E-state index is -1.12. The first-order valence-corrected chi connectivity index (χ1v) is 11.4. The SMILES string of the molecule is CCCC[C@@]1(CC)CS(=O)c2cc(OC)c(OC)cc2[C@@H](c2ccccc2)N1. The standard InChI is InChI=1S/C23H31NO3S/c1-5-7-13-23(6-2)16-28(25)21-15-20(27-4)19(26-3)14-18(21)22(24-23)17-11-9-8-10-12-17/h8-12,14-15,22,24H,5-7,13,16H2,1-4H3/t22-,23+,28?/m1/s1. The molecule has 1 heterocycles. The van der Waals surface area contributed by atoms with Gasteiger partial charge in [-0.25, -0.2) is 0 Å². The first kappa shape index (κ1) is 20.9. The summed E-state index contributed by atoms with van der Waals surface area (Å²) in [7, 11) is 2.14. The second-order valence-electron chi connectivity index (χ2n) is 7.46. The molecule has 28 heavy (non-hydrogen) atoms. The first-order valence-electron chi connectivity index (χ1n) is 10.0. The van der Waals surface area contributed by atoms with E-state index in [9.17, 15) is 4.21 Å². The minimum Gasteiger partial charge on any atom is -0.493 e. The van der Waals surface area contributed by atoms with E-state index in [1.807, 2.05) is 18.2 Å². The van der Waals surface area contributed by atoms with E-state index in [2.05, 4.69) is 43.4 Å². The summed E-state index contributed by atoms with van der Waals surface area (Å²) in [6.45, 7) is 4.40. The summed E-state index contributed by atoms with van der Waals surface area (Å²) in [6, 6.07) is 14.2. The molecule has 0 radical (unpaired) electrons. The van der Waals surface area contributed by atoms with Crippen LogP contribution in [0.3, 0.4) is 0 Å². The van der Waals surface area contributed by atoms with E-state index in [1.165, 1.54) is 5.56 Å². The van der Waals surface area contributed by atoms with Crippen LogP contribution in [-0.2, 0) is 10.8 Å². The van der Waals surface area contributed by atoms with Gasteiger partial charge in [0.05, 0.1) is 31.1 Å². The molecule has 1 unspecified atom stereocenters. The molecule has 0 saturated carbocycles. The third kappa shape index (κ3) is 4.11. The Morgan fingerprint density at radius 3 is 2.39 bits per heavy atom. The molecule has 1 N–H and O–H groups in total. The number of fused-ring (bicyclic) bond motifs is 1. The van der Waals surface area contributed by atoms with Gasteiger partial charge in [0, 0.05) is 22.3 Å². The van der Waals surface area contributed by atoms with Gasteiger partial charge in [0.15, 0.2) is 11.5 Å². The maximum absolute atomic E-state index is 13.5. The molecule has 4 nitrogen and oxygen atoms in total. The van der Waals surface area contributed by atoms with Crippen molar-refractivity contribution in [2.24, 2.45) is 0 Å². The Kier molecular flexibility index (Phi) is 6.78. The summed E-state index contributed by atoms with van der Waals surface area (Å²) in [6.07, 6.45) is 4.19. The predicted molar refractivity (Wildman–Crippen MR) is 115 cm³/mol. The molecule has 1 aliphatic rings. The molecular weight excluding hydrogens is 370 g/mol. The van der Waals surface area contributed by atoms with Gasteiger partial charge in [-0.2, -0.15) is 0 Å². The lowest BCUT2D eigenvalue weighted by Gasteiger charge is -2.36. The van der Waals surface area contributed by atoms with Crippen molar-refractivity contribution >= 4 is 10.8 Å². The molecule has 3 rings (SSSR count). The monoisotopic (exact) mass is 401 g/mol. The lowest BCUT2D eigenvalue weighted by molar-refractivity contribution is 0.296. The lowest BCUT2D eigenvalue weighted by Crippen LogP contribution is -2.49. The molecule has 0 aromatic heterocycles. The fourth-order valence-corrected chi connectivity index (χ4v) is 5.77. The van der Waals surface area contributed by atoms with Gasteiger partial charge >= 0.3 is 0 Å². The van der Waals surface area contributed by atoms with Gasteiger partial charge in [0.2, 0.25) is 0 Å². The number of ether oxygens (including phenoxy) is 2. The Morgan fingerprint density at radius 2 is 1.79 bits per heavy atom. The Morgan fingerprint density at radius 1 is 1.11 bits per heavy atom. The van der Waals surface area contributed by atoms with E-state index in [1.54, 1.807) is 14.2 Å². The highest BCUT2D eigenvalue weighted by Crippen LogP contribution is 2.41. The van der Waals surface area contributed by atoms with Gasteiger partial charge < -0.3 is 9.47 Å². The molecule has 0 aliphatic carbocycles.